The third-order valence-corrected chi connectivity index (χ3v) is 5.74. The Morgan fingerprint density at radius 3 is 2.19 bits per heavy atom. The van der Waals surface area contributed by atoms with Crippen LogP contribution in [-0.2, 0) is 0 Å². The molecule has 0 bridgehead atoms. The zero-order valence-corrected chi connectivity index (χ0v) is 17.9. The molecule has 2 aromatic carbocycles. The van der Waals surface area contributed by atoms with Crippen molar-refractivity contribution in [2.45, 2.75) is 39.3 Å². The van der Waals surface area contributed by atoms with Crippen molar-refractivity contribution in [3.63, 3.8) is 0 Å². The Labute approximate surface area is 172 Å². The zero-order valence-electron chi connectivity index (χ0n) is 16.4. The highest BCUT2D eigenvalue weighted by Crippen LogP contribution is 2.27. The van der Waals surface area contributed by atoms with Gasteiger partial charge in [-0.1, -0.05) is 79.9 Å². The summed E-state index contributed by atoms with van der Waals surface area (Å²) in [5.41, 5.74) is 1.37. The number of halogens is 2. The number of rotatable bonds is 8. The number of nitrogens with zero attached hydrogens (tertiary/aromatic N) is 1. The van der Waals surface area contributed by atoms with E-state index in [1.54, 1.807) is 18.2 Å². The Hall–Kier alpha value is -1.55. The van der Waals surface area contributed by atoms with Gasteiger partial charge in [0.2, 0.25) is 0 Å². The normalized spacial score (nSPS) is 14.6. The van der Waals surface area contributed by atoms with Gasteiger partial charge >= 0.3 is 0 Å². The van der Waals surface area contributed by atoms with Gasteiger partial charge in [0.1, 0.15) is 0 Å². The molecule has 3 unspecified atom stereocenters. The van der Waals surface area contributed by atoms with Crippen LogP contribution in [0.25, 0.3) is 0 Å². The largest absolute Gasteiger partial charge is 0.344 e. The van der Waals surface area contributed by atoms with Gasteiger partial charge < -0.3 is 10.2 Å². The quantitative estimate of drug-likeness (QED) is 0.597. The average molecular weight is 407 g/mol. The highest BCUT2D eigenvalue weighted by molar-refractivity contribution is 6.39. The molecular formula is C22H28Cl2N2O. The van der Waals surface area contributed by atoms with Crippen LogP contribution in [0.1, 0.15) is 49.2 Å². The van der Waals surface area contributed by atoms with Crippen molar-refractivity contribution in [1.82, 2.24) is 10.2 Å². The van der Waals surface area contributed by atoms with Crippen LogP contribution in [0, 0.1) is 5.92 Å². The molecule has 0 aromatic heterocycles. The third kappa shape index (κ3) is 5.71. The lowest BCUT2D eigenvalue weighted by Crippen LogP contribution is -2.44. The molecule has 0 saturated carbocycles. The summed E-state index contributed by atoms with van der Waals surface area (Å²) >= 11 is 12.5. The lowest BCUT2D eigenvalue weighted by atomic mass is 9.97. The summed E-state index contributed by atoms with van der Waals surface area (Å²) in [5.74, 6) is 0.325. The van der Waals surface area contributed by atoms with E-state index in [4.69, 9.17) is 23.2 Å². The molecule has 2 rings (SSSR count). The van der Waals surface area contributed by atoms with Gasteiger partial charge in [-0.3, -0.25) is 4.79 Å². The first-order valence-corrected chi connectivity index (χ1v) is 10.1. The summed E-state index contributed by atoms with van der Waals surface area (Å²) in [5, 5.41) is 3.86. The number of likely N-dealkylation sites (N-methyl/N-ethyl adjacent to an activating group) is 1. The van der Waals surface area contributed by atoms with Gasteiger partial charge in [-0.2, -0.15) is 0 Å². The first-order chi connectivity index (χ1) is 12.8. The van der Waals surface area contributed by atoms with Crippen molar-refractivity contribution in [2.75, 3.05) is 13.6 Å². The fraction of sp³-hybridized carbons (Fsp3) is 0.409. The minimum atomic E-state index is -0.261. The summed E-state index contributed by atoms with van der Waals surface area (Å²) in [6.07, 6.45) is 1.12. The van der Waals surface area contributed by atoms with Gasteiger partial charge in [-0.25, -0.2) is 0 Å². The second kappa shape index (κ2) is 10.1. The minimum Gasteiger partial charge on any atom is -0.344 e. The molecule has 1 N–H and O–H groups in total. The number of carbonyl (C=O) groups is 1. The minimum absolute atomic E-state index is 0.103. The molecule has 2 aromatic rings. The molecule has 0 aliphatic carbocycles. The van der Waals surface area contributed by atoms with Crippen molar-refractivity contribution in [3.8, 4) is 0 Å². The topological polar surface area (TPSA) is 32.3 Å². The molecule has 0 saturated heterocycles. The van der Waals surface area contributed by atoms with Crippen LogP contribution >= 0.6 is 23.2 Å². The number of benzene rings is 2. The van der Waals surface area contributed by atoms with E-state index < -0.39 is 0 Å². The number of hydrogen-bond acceptors (Lipinski definition) is 2. The molecule has 3 atom stereocenters. The molecule has 0 spiro atoms. The number of carbonyl (C=O) groups excluding carboxylic acids is 1. The second-order valence-electron chi connectivity index (χ2n) is 7.15. The summed E-state index contributed by atoms with van der Waals surface area (Å²) in [7, 11) is 2.10. The maximum Gasteiger partial charge on any atom is 0.254 e. The number of nitrogens with one attached hydrogen (secondary N) is 1. The van der Waals surface area contributed by atoms with Crippen molar-refractivity contribution in [1.29, 1.82) is 0 Å². The number of hydrogen-bond donors (Lipinski definition) is 1. The summed E-state index contributed by atoms with van der Waals surface area (Å²) in [6, 6.07) is 15.0. The van der Waals surface area contributed by atoms with E-state index in [9.17, 15) is 4.79 Å². The first-order valence-electron chi connectivity index (χ1n) is 9.35. The molecule has 1 amide bonds. The third-order valence-electron chi connectivity index (χ3n) is 5.11. The smallest absolute Gasteiger partial charge is 0.254 e. The molecule has 0 fully saturated rings. The van der Waals surface area contributed by atoms with Crippen molar-refractivity contribution in [2.24, 2.45) is 5.92 Å². The summed E-state index contributed by atoms with van der Waals surface area (Å²) in [4.78, 5) is 15.3. The summed E-state index contributed by atoms with van der Waals surface area (Å²) < 4.78 is 0. The Kier molecular flexibility index (Phi) is 8.15. The highest BCUT2D eigenvalue weighted by Gasteiger charge is 2.27. The molecule has 146 valence electrons. The fourth-order valence-electron chi connectivity index (χ4n) is 3.11. The standard InChI is InChI=1S/C22H28Cl2N2O/c1-5-15(2)14-26(4)16(3)21(17-10-7-6-8-11-17)25-22(27)20-18(23)12-9-13-19(20)24/h6-13,15-16,21H,5,14H2,1-4H3,(H,25,27). The van der Waals surface area contributed by atoms with Crippen LogP contribution in [0.2, 0.25) is 10.0 Å². The molecule has 0 radical (unpaired) electrons. The van der Waals surface area contributed by atoms with E-state index in [2.05, 4.69) is 38.0 Å². The lowest BCUT2D eigenvalue weighted by Gasteiger charge is -2.34. The Morgan fingerprint density at radius 2 is 1.63 bits per heavy atom. The second-order valence-corrected chi connectivity index (χ2v) is 7.97. The van der Waals surface area contributed by atoms with Gasteiger partial charge in [0.25, 0.3) is 5.91 Å². The predicted octanol–water partition coefficient (Wildman–Crippen LogP) is 5.83. The van der Waals surface area contributed by atoms with E-state index in [0.717, 1.165) is 18.5 Å². The van der Waals surface area contributed by atoms with Gasteiger partial charge in [0.15, 0.2) is 0 Å². The van der Waals surface area contributed by atoms with E-state index >= 15 is 0 Å². The Morgan fingerprint density at radius 1 is 1.04 bits per heavy atom. The van der Waals surface area contributed by atoms with E-state index in [1.807, 2.05) is 30.3 Å². The molecule has 5 heteroatoms. The van der Waals surface area contributed by atoms with Crippen LogP contribution < -0.4 is 5.32 Å². The molecule has 0 heterocycles. The van der Waals surface area contributed by atoms with Crippen LogP contribution in [0.15, 0.2) is 48.5 Å². The number of amides is 1. The van der Waals surface area contributed by atoms with Crippen molar-refractivity contribution < 1.29 is 4.79 Å². The Balaban J connectivity index is 2.29. The van der Waals surface area contributed by atoms with Crippen LogP contribution in [0.4, 0.5) is 0 Å². The monoisotopic (exact) mass is 406 g/mol. The van der Waals surface area contributed by atoms with E-state index in [-0.39, 0.29) is 18.0 Å². The molecule has 0 aliphatic heterocycles. The lowest BCUT2D eigenvalue weighted by molar-refractivity contribution is 0.0900. The maximum atomic E-state index is 13.0. The fourth-order valence-corrected chi connectivity index (χ4v) is 3.68. The zero-order chi connectivity index (χ0) is 20.0. The van der Waals surface area contributed by atoms with Crippen LogP contribution in [0.5, 0.6) is 0 Å². The van der Waals surface area contributed by atoms with Crippen LogP contribution in [-0.4, -0.2) is 30.4 Å². The van der Waals surface area contributed by atoms with E-state index in [1.165, 1.54) is 0 Å². The van der Waals surface area contributed by atoms with Crippen molar-refractivity contribution >= 4 is 29.1 Å². The molecular weight excluding hydrogens is 379 g/mol. The van der Waals surface area contributed by atoms with E-state index in [0.29, 0.717) is 21.5 Å². The SMILES string of the molecule is CCC(C)CN(C)C(C)C(NC(=O)c1c(Cl)cccc1Cl)c1ccccc1. The van der Waals surface area contributed by atoms with Gasteiger partial charge in [-0.15, -0.1) is 0 Å². The van der Waals surface area contributed by atoms with Gasteiger partial charge in [-0.05, 0) is 37.6 Å². The first kappa shape index (κ1) is 21.7. The summed E-state index contributed by atoms with van der Waals surface area (Å²) in [6.45, 7) is 7.53. The predicted molar refractivity (Wildman–Crippen MR) is 115 cm³/mol. The molecule has 27 heavy (non-hydrogen) atoms. The van der Waals surface area contributed by atoms with Gasteiger partial charge in [0.05, 0.1) is 21.7 Å². The average Bonchev–Trinajstić information content (AvgIpc) is 2.65. The Bertz CT molecular complexity index is 731. The molecule has 0 aliphatic rings. The van der Waals surface area contributed by atoms with Crippen molar-refractivity contribution in [3.05, 3.63) is 69.7 Å². The molecule has 3 nitrogen and oxygen atoms in total. The van der Waals surface area contributed by atoms with Crippen LogP contribution in [0.3, 0.4) is 0 Å². The van der Waals surface area contributed by atoms with Gasteiger partial charge in [0, 0.05) is 12.6 Å². The maximum absolute atomic E-state index is 13.0. The highest BCUT2D eigenvalue weighted by atomic mass is 35.5.